The van der Waals surface area contributed by atoms with Crippen molar-refractivity contribution in [3.8, 4) is 0 Å². The van der Waals surface area contributed by atoms with Crippen LogP contribution in [0.5, 0.6) is 0 Å². The van der Waals surface area contributed by atoms with E-state index in [2.05, 4.69) is 36.0 Å². The summed E-state index contributed by atoms with van der Waals surface area (Å²) in [4.78, 5) is 19.4. The van der Waals surface area contributed by atoms with E-state index in [0.29, 0.717) is 18.1 Å². The van der Waals surface area contributed by atoms with Gasteiger partial charge in [0.2, 0.25) is 0 Å². The second kappa shape index (κ2) is 7.12. The number of benzene rings is 1. The van der Waals surface area contributed by atoms with Gasteiger partial charge >= 0.3 is 0 Å². The molecule has 30 heavy (non-hydrogen) atoms. The lowest BCUT2D eigenvalue weighted by molar-refractivity contribution is 0.0710. The van der Waals surface area contributed by atoms with E-state index in [1.807, 2.05) is 45.8 Å². The molecule has 0 spiro atoms. The van der Waals surface area contributed by atoms with Gasteiger partial charge in [-0.15, -0.1) is 21.5 Å². The van der Waals surface area contributed by atoms with Gasteiger partial charge in [0.1, 0.15) is 0 Å². The van der Waals surface area contributed by atoms with Crippen LogP contribution >= 0.6 is 11.3 Å². The number of fused-ring (bicyclic) bond motifs is 2. The second-order valence-electron chi connectivity index (χ2n) is 8.85. The van der Waals surface area contributed by atoms with Crippen molar-refractivity contribution in [1.82, 2.24) is 29.7 Å². The number of aromatic nitrogens is 5. The molecule has 7 nitrogen and oxygen atoms in total. The maximum absolute atomic E-state index is 13.0. The molecule has 0 unspecified atom stereocenters. The molecule has 4 heterocycles. The fourth-order valence-corrected chi connectivity index (χ4v) is 4.83. The summed E-state index contributed by atoms with van der Waals surface area (Å²) < 4.78 is 2.93. The van der Waals surface area contributed by atoms with Crippen molar-refractivity contribution in [1.29, 1.82) is 0 Å². The van der Waals surface area contributed by atoms with Gasteiger partial charge in [0, 0.05) is 24.4 Å². The Bertz CT molecular complexity index is 1200. The van der Waals surface area contributed by atoms with E-state index in [9.17, 15) is 4.79 Å². The van der Waals surface area contributed by atoms with Crippen LogP contribution in [0.3, 0.4) is 0 Å². The van der Waals surface area contributed by atoms with Crippen LogP contribution in [-0.2, 0) is 5.41 Å². The molecule has 154 valence electrons. The van der Waals surface area contributed by atoms with Gasteiger partial charge in [0.05, 0.1) is 15.9 Å². The number of carbonyl (C=O) groups excluding carboxylic acids is 1. The van der Waals surface area contributed by atoms with Crippen LogP contribution in [-0.4, -0.2) is 48.7 Å². The number of hydrogen-bond donors (Lipinski definition) is 0. The van der Waals surface area contributed by atoms with Crippen LogP contribution in [0.15, 0.2) is 36.4 Å². The molecule has 8 heteroatoms. The maximum atomic E-state index is 13.0. The first-order chi connectivity index (χ1) is 14.4. The summed E-state index contributed by atoms with van der Waals surface area (Å²) in [6.07, 6.45) is 1.69. The van der Waals surface area contributed by atoms with Crippen molar-refractivity contribution in [3.63, 3.8) is 0 Å². The van der Waals surface area contributed by atoms with Crippen LogP contribution in [0.2, 0.25) is 0 Å². The summed E-state index contributed by atoms with van der Waals surface area (Å²) in [6.45, 7) is 7.83. The molecule has 3 aromatic heterocycles. The second-order valence-corrected chi connectivity index (χ2v) is 9.88. The van der Waals surface area contributed by atoms with Crippen molar-refractivity contribution < 1.29 is 4.79 Å². The van der Waals surface area contributed by atoms with Gasteiger partial charge in [-0.25, -0.2) is 4.98 Å². The van der Waals surface area contributed by atoms with Gasteiger partial charge in [-0.2, -0.15) is 9.61 Å². The molecule has 1 saturated heterocycles. The van der Waals surface area contributed by atoms with Crippen molar-refractivity contribution in [3.05, 3.63) is 52.9 Å². The highest BCUT2D eigenvalue weighted by atomic mass is 32.1. The van der Waals surface area contributed by atoms with Crippen LogP contribution < -0.4 is 0 Å². The van der Waals surface area contributed by atoms with Crippen LogP contribution in [0.4, 0.5) is 0 Å². The Morgan fingerprint density at radius 1 is 1.07 bits per heavy atom. The van der Waals surface area contributed by atoms with E-state index in [-0.39, 0.29) is 17.2 Å². The first-order valence-corrected chi connectivity index (χ1v) is 11.1. The highest BCUT2D eigenvalue weighted by Gasteiger charge is 2.29. The first kappa shape index (κ1) is 19.1. The highest BCUT2D eigenvalue weighted by Crippen LogP contribution is 2.30. The summed E-state index contributed by atoms with van der Waals surface area (Å²) in [5.74, 6) is 1.15. The van der Waals surface area contributed by atoms with Gasteiger partial charge in [-0.05, 0) is 37.1 Å². The average Bonchev–Trinajstić information content (AvgIpc) is 3.36. The zero-order valence-corrected chi connectivity index (χ0v) is 18.2. The molecule has 0 saturated carbocycles. The summed E-state index contributed by atoms with van der Waals surface area (Å²) in [5.41, 5.74) is 2.63. The third-order valence-electron chi connectivity index (χ3n) is 5.68. The van der Waals surface area contributed by atoms with E-state index in [0.717, 1.165) is 40.2 Å². The quantitative estimate of drug-likeness (QED) is 0.489. The minimum absolute atomic E-state index is 0.0221. The Labute approximate surface area is 178 Å². The number of rotatable bonds is 2. The number of likely N-dealkylation sites (tertiary alicyclic amines) is 1. The Morgan fingerprint density at radius 3 is 2.57 bits per heavy atom. The van der Waals surface area contributed by atoms with Crippen molar-refractivity contribution >= 4 is 33.1 Å². The number of nitrogens with zero attached hydrogens (tertiary/aromatic N) is 6. The normalized spacial score (nSPS) is 15.9. The summed E-state index contributed by atoms with van der Waals surface area (Å²) in [7, 11) is 0. The molecule has 1 aliphatic rings. The zero-order valence-electron chi connectivity index (χ0n) is 17.4. The molecule has 0 aliphatic carbocycles. The molecular weight excluding hydrogens is 396 g/mol. The molecule has 1 aliphatic heterocycles. The first-order valence-electron chi connectivity index (χ1n) is 10.3. The molecule has 0 radical (unpaired) electrons. The number of amides is 1. The summed E-state index contributed by atoms with van der Waals surface area (Å²) >= 11 is 1.46. The SMILES string of the molecule is CC(C)(C)c1ccc2nnc(C3CCN(C(=O)c4nc5ccccc5s4)CC3)n2n1. The lowest BCUT2D eigenvalue weighted by Gasteiger charge is -2.30. The number of piperidine rings is 1. The Hall–Kier alpha value is -2.87. The van der Waals surface area contributed by atoms with E-state index in [1.165, 1.54) is 11.3 Å². The lowest BCUT2D eigenvalue weighted by atomic mass is 9.92. The Kier molecular flexibility index (Phi) is 4.54. The molecule has 1 aromatic carbocycles. The molecule has 0 N–H and O–H groups in total. The molecule has 1 amide bonds. The van der Waals surface area contributed by atoms with Gasteiger partial charge in [-0.3, -0.25) is 4.79 Å². The molecule has 0 atom stereocenters. The van der Waals surface area contributed by atoms with E-state index in [1.54, 1.807) is 0 Å². The van der Waals surface area contributed by atoms with Crippen molar-refractivity contribution in [2.45, 2.75) is 44.9 Å². The molecule has 0 bridgehead atoms. The predicted molar refractivity (Wildman–Crippen MR) is 117 cm³/mol. The third kappa shape index (κ3) is 3.35. The minimum atomic E-state index is -0.0389. The topological polar surface area (TPSA) is 76.3 Å². The number of hydrogen-bond acceptors (Lipinski definition) is 6. The standard InChI is InChI=1S/C22H24N6OS/c1-22(2,3)17-8-9-18-24-25-19(28(18)26-17)14-10-12-27(13-11-14)21(29)20-23-15-6-4-5-7-16(15)30-20/h4-9,14H,10-13H2,1-3H3. The average molecular weight is 421 g/mol. The van der Waals surface area contributed by atoms with Crippen molar-refractivity contribution in [2.24, 2.45) is 0 Å². The van der Waals surface area contributed by atoms with E-state index >= 15 is 0 Å². The van der Waals surface area contributed by atoms with Gasteiger partial charge in [0.25, 0.3) is 5.91 Å². The van der Waals surface area contributed by atoms with Crippen LogP contribution in [0, 0.1) is 0 Å². The molecule has 1 fully saturated rings. The number of thiazole rings is 1. The smallest absolute Gasteiger partial charge is 0.282 e. The van der Waals surface area contributed by atoms with Crippen LogP contribution in [0.1, 0.15) is 60.9 Å². The van der Waals surface area contributed by atoms with E-state index < -0.39 is 0 Å². The Morgan fingerprint density at radius 2 is 1.83 bits per heavy atom. The van der Waals surface area contributed by atoms with Crippen LogP contribution in [0.25, 0.3) is 15.9 Å². The monoisotopic (exact) mass is 420 g/mol. The zero-order chi connectivity index (χ0) is 20.9. The Balaban J connectivity index is 1.34. The lowest BCUT2D eigenvalue weighted by Crippen LogP contribution is -2.38. The largest absolute Gasteiger partial charge is 0.337 e. The van der Waals surface area contributed by atoms with Gasteiger partial charge in [-0.1, -0.05) is 32.9 Å². The number of carbonyl (C=O) groups is 1. The summed E-state index contributed by atoms with van der Waals surface area (Å²) in [5, 5.41) is 14.1. The predicted octanol–water partition coefficient (Wildman–Crippen LogP) is 4.05. The van der Waals surface area contributed by atoms with Gasteiger partial charge in [0.15, 0.2) is 16.5 Å². The number of para-hydroxylation sites is 1. The molecule has 4 aromatic rings. The molecule has 5 rings (SSSR count). The fourth-order valence-electron chi connectivity index (χ4n) is 3.90. The van der Waals surface area contributed by atoms with E-state index in [4.69, 9.17) is 5.10 Å². The van der Waals surface area contributed by atoms with Gasteiger partial charge < -0.3 is 4.90 Å². The minimum Gasteiger partial charge on any atom is -0.337 e. The fraction of sp³-hybridized carbons (Fsp3) is 0.409. The summed E-state index contributed by atoms with van der Waals surface area (Å²) in [6, 6.07) is 11.9. The molecular formula is C22H24N6OS. The maximum Gasteiger partial charge on any atom is 0.282 e. The third-order valence-corrected chi connectivity index (χ3v) is 6.70. The highest BCUT2D eigenvalue weighted by molar-refractivity contribution is 7.20. The van der Waals surface area contributed by atoms with Crippen molar-refractivity contribution in [2.75, 3.05) is 13.1 Å².